The van der Waals surface area contributed by atoms with Crippen LogP contribution in [0.25, 0.3) is 0 Å². The van der Waals surface area contributed by atoms with Crippen molar-refractivity contribution in [2.24, 2.45) is 0 Å². The Bertz CT molecular complexity index is 356. The average Bonchev–Trinajstić information content (AvgIpc) is 2.69. The molecule has 0 amide bonds. The van der Waals surface area contributed by atoms with E-state index in [1.807, 2.05) is 6.20 Å². The van der Waals surface area contributed by atoms with E-state index in [4.69, 9.17) is 4.74 Å². The molecule has 5 heteroatoms. The third-order valence-electron chi connectivity index (χ3n) is 3.00. The van der Waals surface area contributed by atoms with Gasteiger partial charge in [0, 0.05) is 43.9 Å². The molecule has 1 atom stereocenters. The van der Waals surface area contributed by atoms with Gasteiger partial charge < -0.3 is 10.1 Å². The molecule has 0 aliphatic carbocycles. The second-order valence-electron chi connectivity index (χ2n) is 4.83. The van der Waals surface area contributed by atoms with Gasteiger partial charge >= 0.3 is 0 Å². The van der Waals surface area contributed by atoms with Gasteiger partial charge in [0.25, 0.3) is 0 Å². The maximum Gasteiger partial charge on any atom is 0.182 e. The Balaban J connectivity index is 1.85. The normalized spacial score (nSPS) is 21.8. The zero-order chi connectivity index (χ0) is 12.8. The molecule has 1 unspecified atom stereocenters. The lowest BCUT2D eigenvalue weighted by Gasteiger charge is -2.20. The molecule has 102 valence electrons. The number of hydrogen-bond donors (Lipinski definition) is 1. The number of thiazole rings is 1. The second kappa shape index (κ2) is 7.07. The van der Waals surface area contributed by atoms with E-state index in [2.05, 4.69) is 29.0 Å². The summed E-state index contributed by atoms with van der Waals surface area (Å²) in [7, 11) is 0. The highest BCUT2D eigenvalue weighted by atomic mass is 32.1. The van der Waals surface area contributed by atoms with E-state index in [1.54, 1.807) is 11.3 Å². The molecule has 0 bridgehead atoms. The first-order chi connectivity index (χ1) is 8.78. The fourth-order valence-corrected chi connectivity index (χ4v) is 3.02. The van der Waals surface area contributed by atoms with Gasteiger partial charge in [-0.25, -0.2) is 4.98 Å². The first-order valence-electron chi connectivity index (χ1n) is 6.80. The molecule has 1 saturated heterocycles. The van der Waals surface area contributed by atoms with Crippen molar-refractivity contribution in [1.29, 1.82) is 0 Å². The third-order valence-corrected chi connectivity index (χ3v) is 3.94. The molecule has 2 rings (SSSR count). The van der Waals surface area contributed by atoms with Gasteiger partial charge in [0.15, 0.2) is 5.13 Å². The predicted octanol–water partition coefficient (Wildman–Crippen LogP) is 2.58. The second-order valence-corrected chi connectivity index (χ2v) is 5.94. The fraction of sp³-hybridized carbons (Fsp3) is 0.769. The van der Waals surface area contributed by atoms with Crippen LogP contribution in [0, 0.1) is 0 Å². The lowest BCUT2D eigenvalue weighted by molar-refractivity contribution is 0.0669. The van der Waals surface area contributed by atoms with Crippen molar-refractivity contribution in [1.82, 2.24) is 9.88 Å². The van der Waals surface area contributed by atoms with Crippen molar-refractivity contribution < 1.29 is 4.74 Å². The van der Waals surface area contributed by atoms with Gasteiger partial charge in [0.1, 0.15) is 0 Å². The molecule has 1 aromatic rings. The van der Waals surface area contributed by atoms with E-state index in [1.165, 1.54) is 4.88 Å². The van der Waals surface area contributed by atoms with Gasteiger partial charge in [0.2, 0.25) is 0 Å². The van der Waals surface area contributed by atoms with Crippen LogP contribution in [-0.4, -0.2) is 42.2 Å². The summed E-state index contributed by atoms with van der Waals surface area (Å²) in [4.78, 5) is 8.21. The molecule has 1 fully saturated rings. The van der Waals surface area contributed by atoms with E-state index in [9.17, 15) is 0 Å². The summed E-state index contributed by atoms with van der Waals surface area (Å²) >= 11 is 1.77. The number of ether oxygens (including phenoxy) is 1. The first-order valence-corrected chi connectivity index (χ1v) is 7.62. The van der Waals surface area contributed by atoms with Crippen LogP contribution in [0.2, 0.25) is 0 Å². The Hall–Kier alpha value is -0.650. The number of nitrogens with zero attached hydrogens (tertiary/aromatic N) is 2. The zero-order valence-corrected chi connectivity index (χ0v) is 12.1. The Morgan fingerprint density at radius 2 is 2.50 bits per heavy atom. The van der Waals surface area contributed by atoms with Crippen LogP contribution in [0.4, 0.5) is 5.13 Å². The van der Waals surface area contributed by atoms with E-state index in [0.29, 0.717) is 6.10 Å². The van der Waals surface area contributed by atoms with Crippen LogP contribution in [0.1, 0.15) is 31.6 Å². The monoisotopic (exact) mass is 269 g/mol. The van der Waals surface area contributed by atoms with Gasteiger partial charge in [-0.2, -0.15) is 0 Å². The summed E-state index contributed by atoms with van der Waals surface area (Å²) < 4.78 is 5.66. The minimum atomic E-state index is 0.345. The van der Waals surface area contributed by atoms with Crippen molar-refractivity contribution >= 4 is 16.5 Å². The molecule has 0 spiro atoms. The summed E-state index contributed by atoms with van der Waals surface area (Å²) in [6.07, 6.45) is 4.61. The number of hydrogen-bond acceptors (Lipinski definition) is 5. The summed E-state index contributed by atoms with van der Waals surface area (Å²) in [6, 6.07) is 0. The smallest absolute Gasteiger partial charge is 0.182 e. The van der Waals surface area contributed by atoms with E-state index < -0.39 is 0 Å². The Morgan fingerprint density at radius 3 is 3.33 bits per heavy atom. The molecule has 1 N–H and O–H groups in total. The SMILES string of the molecule is CCCNc1ncc(CN2CCCOC(C)C2)s1. The molecule has 1 aliphatic rings. The Labute approximate surface area is 113 Å². The molecular formula is C13H23N3OS. The molecule has 0 radical (unpaired) electrons. The number of aromatic nitrogens is 1. The molecule has 0 aromatic carbocycles. The summed E-state index contributed by atoms with van der Waals surface area (Å²) in [5.74, 6) is 0. The predicted molar refractivity (Wildman–Crippen MR) is 76.2 cm³/mol. The van der Waals surface area contributed by atoms with E-state index in [-0.39, 0.29) is 0 Å². The molecule has 4 nitrogen and oxygen atoms in total. The van der Waals surface area contributed by atoms with Gasteiger partial charge in [-0.15, -0.1) is 11.3 Å². The summed E-state index contributed by atoms with van der Waals surface area (Å²) in [6.45, 7) is 9.36. The quantitative estimate of drug-likeness (QED) is 0.891. The minimum Gasteiger partial charge on any atom is -0.377 e. The number of rotatable bonds is 5. The molecule has 18 heavy (non-hydrogen) atoms. The van der Waals surface area contributed by atoms with Crippen molar-refractivity contribution in [3.05, 3.63) is 11.1 Å². The van der Waals surface area contributed by atoms with Crippen LogP contribution >= 0.6 is 11.3 Å². The highest BCUT2D eigenvalue weighted by Gasteiger charge is 2.16. The van der Waals surface area contributed by atoms with Crippen LogP contribution in [0.5, 0.6) is 0 Å². The van der Waals surface area contributed by atoms with Gasteiger partial charge in [-0.1, -0.05) is 6.92 Å². The van der Waals surface area contributed by atoms with Gasteiger partial charge in [-0.3, -0.25) is 4.90 Å². The van der Waals surface area contributed by atoms with E-state index in [0.717, 1.165) is 50.8 Å². The highest BCUT2D eigenvalue weighted by molar-refractivity contribution is 7.15. The summed E-state index contributed by atoms with van der Waals surface area (Å²) in [5, 5.41) is 4.38. The molecule has 0 saturated carbocycles. The number of nitrogens with one attached hydrogen (secondary N) is 1. The molecule has 1 aliphatic heterocycles. The van der Waals surface area contributed by atoms with Crippen molar-refractivity contribution in [2.45, 2.75) is 39.3 Å². The zero-order valence-electron chi connectivity index (χ0n) is 11.3. The third kappa shape index (κ3) is 4.23. The lowest BCUT2D eigenvalue weighted by Crippen LogP contribution is -2.29. The van der Waals surface area contributed by atoms with Crippen LogP contribution in [0.3, 0.4) is 0 Å². The topological polar surface area (TPSA) is 37.4 Å². The van der Waals surface area contributed by atoms with Crippen LogP contribution in [-0.2, 0) is 11.3 Å². The average molecular weight is 269 g/mol. The van der Waals surface area contributed by atoms with Crippen LogP contribution < -0.4 is 5.32 Å². The van der Waals surface area contributed by atoms with E-state index >= 15 is 0 Å². The maximum atomic E-state index is 5.66. The van der Waals surface area contributed by atoms with Gasteiger partial charge in [0.05, 0.1) is 6.10 Å². The van der Waals surface area contributed by atoms with Crippen molar-refractivity contribution in [3.8, 4) is 0 Å². The van der Waals surface area contributed by atoms with Crippen molar-refractivity contribution in [3.63, 3.8) is 0 Å². The standard InChI is InChI=1S/C13H23N3OS/c1-3-5-14-13-15-8-12(18-13)10-16-6-4-7-17-11(2)9-16/h8,11H,3-7,9-10H2,1-2H3,(H,14,15). The highest BCUT2D eigenvalue weighted by Crippen LogP contribution is 2.20. The van der Waals surface area contributed by atoms with Crippen molar-refractivity contribution in [2.75, 3.05) is 31.6 Å². The maximum absolute atomic E-state index is 5.66. The fourth-order valence-electron chi connectivity index (χ4n) is 2.14. The minimum absolute atomic E-state index is 0.345. The summed E-state index contributed by atoms with van der Waals surface area (Å²) in [5.41, 5.74) is 0. The largest absolute Gasteiger partial charge is 0.377 e. The number of anilines is 1. The van der Waals surface area contributed by atoms with Crippen LogP contribution in [0.15, 0.2) is 6.20 Å². The Kier molecular flexibility index (Phi) is 5.41. The molecule has 1 aromatic heterocycles. The first kappa shape index (κ1) is 13.8. The Morgan fingerprint density at radius 1 is 1.61 bits per heavy atom. The lowest BCUT2D eigenvalue weighted by atomic mass is 10.3. The van der Waals surface area contributed by atoms with Gasteiger partial charge in [-0.05, 0) is 19.8 Å². The molecule has 2 heterocycles. The molecular weight excluding hydrogens is 246 g/mol.